The number of nitrogens with one attached hydrogen (secondary N) is 1. The maximum absolute atomic E-state index is 13.6. The van der Waals surface area contributed by atoms with Crippen LogP contribution >= 0.6 is 0 Å². The van der Waals surface area contributed by atoms with Crippen molar-refractivity contribution in [3.8, 4) is 11.5 Å². The topological polar surface area (TPSA) is 72.7 Å². The van der Waals surface area contributed by atoms with Crippen LogP contribution in [-0.4, -0.2) is 36.0 Å². The summed E-state index contributed by atoms with van der Waals surface area (Å²) in [5.41, 5.74) is 1.04. The summed E-state index contributed by atoms with van der Waals surface area (Å²) in [6.45, 7) is 1.72. The summed E-state index contributed by atoms with van der Waals surface area (Å²) >= 11 is 0. The molecule has 2 saturated carbocycles. The number of aromatic nitrogens is 1. The molecule has 0 radical (unpaired) electrons. The summed E-state index contributed by atoms with van der Waals surface area (Å²) in [6, 6.07) is 5.86. The molecule has 0 bridgehead atoms. The minimum atomic E-state index is -0.646. The monoisotopic (exact) mass is 442 g/mol. The van der Waals surface area contributed by atoms with Crippen LogP contribution in [0.2, 0.25) is 0 Å². The molecule has 1 aromatic heterocycles. The van der Waals surface area contributed by atoms with Gasteiger partial charge < -0.3 is 24.5 Å². The van der Waals surface area contributed by atoms with E-state index < -0.39 is 5.60 Å². The van der Waals surface area contributed by atoms with Gasteiger partial charge in [-0.3, -0.25) is 4.79 Å². The summed E-state index contributed by atoms with van der Waals surface area (Å²) in [4.78, 5) is 13.6. The highest BCUT2D eigenvalue weighted by Crippen LogP contribution is 2.33. The minimum Gasteiger partial charge on any atom is -0.493 e. The van der Waals surface area contributed by atoms with Gasteiger partial charge in [-0.1, -0.05) is 38.5 Å². The van der Waals surface area contributed by atoms with E-state index in [-0.39, 0.29) is 5.56 Å². The van der Waals surface area contributed by atoms with Gasteiger partial charge in [-0.25, -0.2) is 0 Å². The Bertz CT molecular complexity index is 972. The zero-order valence-electron chi connectivity index (χ0n) is 19.6. The highest BCUT2D eigenvalue weighted by Gasteiger charge is 2.28. The van der Waals surface area contributed by atoms with Crippen molar-refractivity contribution in [2.75, 3.05) is 20.8 Å². The van der Waals surface area contributed by atoms with E-state index in [0.29, 0.717) is 30.5 Å². The fraction of sp³-hybridized carbons (Fsp3) is 0.654. The molecule has 32 heavy (non-hydrogen) atoms. The van der Waals surface area contributed by atoms with Gasteiger partial charge in [-0.15, -0.1) is 0 Å². The largest absolute Gasteiger partial charge is 0.493 e. The van der Waals surface area contributed by atoms with Crippen LogP contribution in [0.15, 0.2) is 23.0 Å². The highest BCUT2D eigenvalue weighted by molar-refractivity contribution is 5.83. The lowest BCUT2D eigenvalue weighted by atomic mass is 9.85. The first kappa shape index (κ1) is 23.1. The van der Waals surface area contributed by atoms with Crippen LogP contribution < -0.4 is 20.3 Å². The van der Waals surface area contributed by atoms with Crippen molar-refractivity contribution in [3.05, 3.63) is 34.1 Å². The van der Waals surface area contributed by atoms with Gasteiger partial charge in [-0.05, 0) is 43.7 Å². The standard InChI is InChI=1S/C26H38N2O4/c1-31-23-14-20-13-21(16-27-18-26(30)11-7-4-8-12-26)25(29)28(22(20)15-24(23)32-2)17-19-9-5-3-6-10-19/h13-15,19,27,30H,3-12,16-18H2,1-2H3. The minimum absolute atomic E-state index is 0.0541. The Kier molecular flexibility index (Phi) is 7.41. The third kappa shape index (κ3) is 5.12. The van der Waals surface area contributed by atoms with Crippen LogP contribution in [0, 0.1) is 5.92 Å². The van der Waals surface area contributed by atoms with E-state index in [1.807, 2.05) is 22.8 Å². The summed E-state index contributed by atoms with van der Waals surface area (Å²) in [5, 5.41) is 15.2. The first-order valence-electron chi connectivity index (χ1n) is 12.2. The Morgan fingerprint density at radius 1 is 1.00 bits per heavy atom. The molecule has 1 aromatic carbocycles. The third-order valence-corrected chi connectivity index (χ3v) is 7.39. The predicted molar refractivity (Wildman–Crippen MR) is 128 cm³/mol. The van der Waals surface area contributed by atoms with Gasteiger partial charge in [-0.2, -0.15) is 0 Å². The van der Waals surface area contributed by atoms with E-state index in [9.17, 15) is 9.90 Å². The smallest absolute Gasteiger partial charge is 0.255 e. The fourth-order valence-corrected chi connectivity index (χ4v) is 5.52. The zero-order chi connectivity index (χ0) is 22.6. The van der Waals surface area contributed by atoms with Crippen molar-refractivity contribution in [1.29, 1.82) is 0 Å². The molecule has 0 unspecified atom stereocenters. The molecule has 2 aromatic rings. The second-order valence-corrected chi connectivity index (χ2v) is 9.74. The summed E-state index contributed by atoms with van der Waals surface area (Å²) in [7, 11) is 3.26. The number of fused-ring (bicyclic) bond motifs is 1. The van der Waals surface area contributed by atoms with Crippen LogP contribution in [-0.2, 0) is 13.1 Å². The first-order chi connectivity index (χ1) is 15.5. The second-order valence-electron chi connectivity index (χ2n) is 9.74. The molecule has 176 valence electrons. The summed E-state index contributed by atoms with van der Waals surface area (Å²) in [6.07, 6.45) is 11.2. The Labute approximate surface area is 190 Å². The molecule has 1 heterocycles. The molecule has 2 aliphatic carbocycles. The molecule has 2 aliphatic rings. The second kappa shape index (κ2) is 10.3. The van der Waals surface area contributed by atoms with Crippen molar-refractivity contribution < 1.29 is 14.6 Å². The van der Waals surface area contributed by atoms with Gasteiger partial charge in [0.25, 0.3) is 5.56 Å². The third-order valence-electron chi connectivity index (χ3n) is 7.39. The zero-order valence-corrected chi connectivity index (χ0v) is 19.6. The maximum atomic E-state index is 13.6. The molecule has 6 heteroatoms. The van der Waals surface area contributed by atoms with Crippen LogP contribution in [0.1, 0.15) is 69.8 Å². The van der Waals surface area contributed by atoms with Gasteiger partial charge in [0.15, 0.2) is 11.5 Å². The number of methoxy groups -OCH3 is 2. The van der Waals surface area contributed by atoms with E-state index in [2.05, 4.69) is 5.32 Å². The Morgan fingerprint density at radius 3 is 2.34 bits per heavy atom. The van der Waals surface area contributed by atoms with E-state index in [1.54, 1.807) is 14.2 Å². The molecule has 6 nitrogen and oxygen atoms in total. The fourth-order valence-electron chi connectivity index (χ4n) is 5.52. The molecule has 0 spiro atoms. The van der Waals surface area contributed by atoms with E-state index in [0.717, 1.165) is 48.7 Å². The van der Waals surface area contributed by atoms with E-state index >= 15 is 0 Å². The molecular formula is C26H38N2O4. The number of pyridine rings is 1. The lowest BCUT2D eigenvalue weighted by molar-refractivity contribution is 0.00465. The number of aliphatic hydroxyl groups is 1. The molecular weight excluding hydrogens is 404 g/mol. The molecule has 2 fully saturated rings. The number of benzene rings is 1. The lowest BCUT2D eigenvalue weighted by Gasteiger charge is -2.32. The first-order valence-corrected chi connectivity index (χ1v) is 12.2. The quantitative estimate of drug-likeness (QED) is 0.635. The lowest BCUT2D eigenvalue weighted by Crippen LogP contribution is -2.42. The number of rotatable bonds is 8. The molecule has 0 saturated heterocycles. The van der Waals surface area contributed by atoms with Crippen LogP contribution in [0.5, 0.6) is 11.5 Å². The summed E-state index contributed by atoms with van der Waals surface area (Å²) in [5.74, 6) is 1.84. The maximum Gasteiger partial charge on any atom is 0.255 e. The average molecular weight is 443 g/mol. The normalized spacial score (nSPS) is 19.2. The SMILES string of the molecule is COc1cc2cc(CNCC3(O)CCCCC3)c(=O)n(CC3CCCCC3)c2cc1OC. The van der Waals surface area contributed by atoms with Crippen molar-refractivity contribution in [2.24, 2.45) is 5.92 Å². The molecule has 4 rings (SSSR count). The molecule has 0 atom stereocenters. The highest BCUT2D eigenvalue weighted by atomic mass is 16.5. The number of hydrogen-bond acceptors (Lipinski definition) is 5. The average Bonchev–Trinajstić information content (AvgIpc) is 2.81. The number of ether oxygens (including phenoxy) is 2. The van der Waals surface area contributed by atoms with Crippen molar-refractivity contribution >= 4 is 10.9 Å². The molecule has 0 amide bonds. The van der Waals surface area contributed by atoms with Gasteiger partial charge in [0.1, 0.15) is 0 Å². The van der Waals surface area contributed by atoms with Crippen molar-refractivity contribution in [1.82, 2.24) is 9.88 Å². The van der Waals surface area contributed by atoms with Gasteiger partial charge in [0.05, 0.1) is 25.3 Å². The molecule has 0 aliphatic heterocycles. The van der Waals surface area contributed by atoms with E-state index in [1.165, 1.54) is 38.5 Å². The van der Waals surface area contributed by atoms with Gasteiger partial charge in [0, 0.05) is 36.7 Å². The number of nitrogens with zero attached hydrogens (tertiary/aromatic N) is 1. The Morgan fingerprint density at radius 2 is 1.66 bits per heavy atom. The van der Waals surface area contributed by atoms with Crippen LogP contribution in [0.25, 0.3) is 10.9 Å². The van der Waals surface area contributed by atoms with Gasteiger partial charge >= 0.3 is 0 Å². The van der Waals surface area contributed by atoms with Crippen molar-refractivity contribution in [3.63, 3.8) is 0 Å². The predicted octanol–water partition coefficient (Wildman–Crippen LogP) is 4.38. The van der Waals surface area contributed by atoms with Crippen molar-refractivity contribution in [2.45, 2.75) is 82.9 Å². The van der Waals surface area contributed by atoms with Crippen LogP contribution in [0.3, 0.4) is 0 Å². The Hall–Kier alpha value is -2.05. The van der Waals surface area contributed by atoms with E-state index in [4.69, 9.17) is 9.47 Å². The Balaban J connectivity index is 1.65. The number of hydrogen-bond donors (Lipinski definition) is 2. The summed E-state index contributed by atoms with van der Waals surface area (Å²) < 4.78 is 13.0. The van der Waals surface area contributed by atoms with Gasteiger partial charge in [0.2, 0.25) is 0 Å². The molecule has 2 N–H and O–H groups in total. The van der Waals surface area contributed by atoms with Crippen LogP contribution in [0.4, 0.5) is 0 Å².